The van der Waals surface area contributed by atoms with Gasteiger partial charge in [0.05, 0.1) is 29.5 Å². The SMILES string of the molecule is O=C1NC2=C(C(=O)NN(c3ccccc3)C2)C(c2ccccc2)N1. The summed E-state index contributed by atoms with van der Waals surface area (Å²) in [6, 6.07) is 18.3. The van der Waals surface area contributed by atoms with E-state index in [1.165, 1.54) is 0 Å². The molecule has 0 saturated carbocycles. The molecule has 6 heteroatoms. The highest BCUT2D eigenvalue weighted by Crippen LogP contribution is 2.30. The molecule has 0 bridgehead atoms. The summed E-state index contributed by atoms with van der Waals surface area (Å²) in [5.41, 5.74) is 5.81. The fourth-order valence-corrected chi connectivity index (χ4v) is 3.05. The van der Waals surface area contributed by atoms with Gasteiger partial charge in [-0.05, 0) is 17.7 Å². The van der Waals surface area contributed by atoms with Crippen LogP contribution in [0.2, 0.25) is 0 Å². The molecule has 2 aromatic rings. The Morgan fingerprint density at radius 2 is 1.58 bits per heavy atom. The maximum atomic E-state index is 12.7. The summed E-state index contributed by atoms with van der Waals surface area (Å²) in [5.74, 6) is -0.221. The van der Waals surface area contributed by atoms with Crippen LogP contribution in [0.15, 0.2) is 71.9 Å². The van der Waals surface area contributed by atoms with E-state index in [2.05, 4.69) is 16.1 Å². The molecule has 4 rings (SSSR count). The van der Waals surface area contributed by atoms with Crippen LogP contribution in [0.1, 0.15) is 11.6 Å². The summed E-state index contributed by atoms with van der Waals surface area (Å²) in [5, 5.41) is 7.34. The van der Waals surface area contributed by atoms with Crippen LogP contribution in [0.3, 0.4) is 0 Å². The predicted octanol–water partition coefficient (Wildman–Crippen LogP) is 1.85. The molecule has 0 fully saturated rings. The molecule has 2 aliphatic heterocycles. The zero-order chi connectivity index (χ0) is 16.5. The third-order valence-electron chi connectivity index (χ3n) is 4.15. The van der Waals surface area contributed by atoms with Gasteiger partial charge < -0.3 is 10.6 Å². The van der Waals surface area contributed by atoms with Gasteiger partial charge in [0.15, 0.2) is 0 Å². The number of nitrogens with one attached hydrogen (secondary N) is 3. The summed E-state index contributed by atoms with van der Waals surface area (Å²) < 4.78 is 0. The monoisotopic (exact) mass is 320 g/mol. The Labute approximate surface area is 139 Å². The molecule has 120 valence electrons. The number of hydrogen-bond donors (Lipinski definition) is 3. The van der Waals surface area contributed by atoms with Crippen molar-refractivity contribution in [1.82, 2.24) is 16.1 Å². The first-order valence-corrected chi connectivity index (χ1v) is 7.71. The molecule has 0 radical (unpaired) electrons. The van der Waals surface area contributed by atoms with Crippen molar-refractivity contribution in [2.24, 2.45) is 0 Å². The summed E-state index contributed by atoms with van der Waals surface area (Å²) in [6.07, 6.45) is 0. The van der Waals surface area contributed by atoms with Gasteiger partial charge in [0.1, 0.15) is 0 Å². The van der Waals surface area contributed by atoms with Crippen molar-refractivity contribution in [2.75, 3.05) is 11.6 Å². The first kappa shape index (κ1) is 14.3. The number of anilines is 1. The second-order valence-electron chi connectivity index (χ2n) is 5.70. The lowest BCUT2D eigenvalue weighted by molar-refractivity contribution is -0.118. The number of nitrogens with zero attached hydrogens (tertiary/aromatic N) is 1. The Morgan fingerprint density at radius 3 is 2.29 bits per heavy atom. The second-order valence-corrected chi connectivity index (χ2v) is 5.70. The van der Waals surface area contributed by atoms with Crippen LogP contribution in [-0.4, -0.2) is 18.5 Å². The number of hydrazine groups is 1. The van der Waals surface area contributed by atoms with E-state index >= 15 is 0 Å². The Bertz CT molecular complexity index is 817. The van der Waals surface area contributed by atoms with E-state index in [-0.39, 0.29) is 11.9 Å². The van der Waals surface area contributed by atoms with Gasteiger partial charge >= 0.3 is 6.03 Å². The molecule has 2 aromatic carbocycles. The number of amides is 3. The number of rotatable bonds is 2. The molecule has 0 aliphatic carbocycles. The number of benzene rings is 2. The number of hydrogen-bond acceptors (Lipinski definition) is 3. The van der Waals surface area contributed by atoms with Crippen LogP contribution in [0.25, 0.3) is 0 Å². The number of carbonyl (C=O) groups is 2. The Morgan fingerprint density at radius 1 is 0.917 bits per heavy atom. The molecule has 0 saturated heterocycles. The standard InChI is InChI=1S/C18H16N4O2/c23-17-15-14(11-22(21-17)13-9-5-2-6-10-13)19-18(24)20-16(15)12-7-3-1-4-8-12/h1-10,16H,11H2,(H,21,23)(H2,19,20,24). The quantitative estimate of drug-likeness (QED) is 0.790. The average molecular weight is 320 g/mol. The van der Waals surface area contributed by atoms with E-state index in [4.69, 9.17) is 0 Å². The predicted molar refractivity (Wildman–Crippen MR) is 89.8 cm³/mol. The first-order valence-electron chi connectivity index (χ1n) is 7.71. The van der Waals surface area contributed by atoms with Crippen molar-refractivity contribution in [1.29, 1.82) is 0 Å². The van der Waals surface area contributed by atoms with Crippen LogP contribution < -0.4 is 21.1 Å². The van der Waals surface area contributed by atoms with Crippen LogP contribution in [0, 0.1) is 0 Å². The van der Waals surface area contributed by atoms with Crippen molar-refractivity contribution in [3.63, 3.8) is 0 Å². The average Bonchev–Trinajstić information content (AvgIpc) is 2.62. The molecule has 24 heavy (non-hydrogen) atoms. The van der Waals surface area contributed by atoms with Crippen molar-refractivity contribution in [3.05, 3.63) is 77.5 Å². The minimum absolute atomic E-state index is 0.221. The largest absolute Gasteiger partial charge is 0.327 e. The highest BCUT2D eigenvalue weighted by atomic mass is 16.2. The Hall–Kier alpha value is -3.28. The normalized spacial score (nSPS) is 20.0. The fourth-order valence-electron chi connectivity index (χ4n) is 3.05. The number of para-hydroxylation sites is 1. The summed E-state index contributed by atoms with van der Waals surface area (Å²) in [6.45, 7) is 0.405. The second kappa shape index (κ2) is 5.73. The minimum atomic E-state index is -0.451. The van der Waals surface area contributed by atoms with Crippen molar-refractivity contribution >= 4 is 17.6 Å². The van der Waals surface area contributed by atoms with Gasteiger partial charge in [0.25, 0.3) is 5.91 Å². The van der Waals surface area contributed by atoms with E-state index in [0.717, 1.165) is 11.3 Å². The Balaban J connectivity index is 1.72. The van der Waals surface area contributed by atoms with E-state index in [0.29, 0.717) is 17.8 Å². The summed E-state index contributed by atoms with van der Waals surface area (Å²) >= 11 is 0. The maximum Gasteiger partial charge on any atom is 0.319 e. The van der Waals surface area contributed by atoms with Crippen LogP contribution in [0.4, 0.5) is 10.5 Å². The molecular formula is C18H16N4O2. The van der Waals surface area contributed by atoms with Gasteiger partial charge in [-0.1, -0.05) is 48.5 Å². The smallest absolute Gasteiger partial charge is 0.319 e. The lowest BCUT2D eigenvalue weighted by Gasteiger charge is -2.38. The van der Waals surface area contributed by atoms with Crippen molar-refractivity contribution in [3.8, 4) is 0 Å². The molecular weight excluding hydrogens is 304 g/mol. The van der Waals surface area contributed by atoms with Gasteiger partial charge in [-0.25, -0.2) is 4.79 Å². The molecule has 2 aliphatic rings. The van der Waals surface area contributed by atoms with Gasteiger partial charge in [-0.3, -0.25) is 15.2 Å². The van der Waals surface area contributed by atoms with Gasteiger partial charge in [-0.15, -0.1) is 0 Å². The van der Waals surface area contributed by atoms with E-state index in [1.54, 1.807) is 5.01 Å². The van der Waals surface area contributed by atoms with Crippen molar-refractivity contribution < 1.29 is 9.59 Å². The van der Waals surface area contributed by atoms with Crippen molar-refractivity contribution in [2.45, 2.75) is 6.04 Å². The molecule has 0 spiro atoms. The summed E-state index contributed by atoms with van der Waals surface area (Å²) in [7, 11) is 0. The lowest BCUT2D eigenvalue weighted by Crippen LogP contribution is -2.57. The van der Waals surface area contributed by atoms with Crippen LogP contribution in [0.5, 0.6) is 0 Å². The fraction of sp³-hybridized carbons (Fsp3) is 0.111. The highest BCUT2D eigenvalue weighted by molar-refractivity contribution is 6.00. The molecule has 3 amide bonds. The third kappa shape index (κ3) is 2.48. The molecule has 3 N–H and O–H groups in total. The molecule has 6 nitrogen and oxygen atoms in total. The minimum Gasteiger partial charge on any atom is -0.327 e. The van der Waals surface area contributed by atoms with E-state index in [1.807, 2.05) is 60.7 Å². The van der Waals surface area contributed by atoms with Gasteiger partial charge in [0.2, 0.25) is 0 Å². The Kier molecular flexibility index (Phi) is 3.42. The number of urea groups is 1. The van der Waals surface area contributed by atoms with Crippen LogP contribution >= 0.6 is 0 Å². The number of carbonyl (C=O) groups excluding carboxylic acids is 2. The molecule has 2 heterocycles. The lowest BCUT2D eigenvalue weighted by atomic mass is 9.93. The van der Waals surface area contributed by atoms with E-state index in [9.17, 15) is 9.59 Å². The third-order valence-corrected chi connectivity index (χ3v) is 4.15. The zero-order valence-electron chi connectivity index (χ0n) is 12.8. The van der Waals surface area contributed by atoms with Gasteiger partial charge in [0, 0.05) is 0 Å². The molecule has 0 aromatic heterocycles. The highest BCUT2D eigenvalue weighted by Gasteiger charge is 2.36. The zero-order valence-corrected chi connectivity index (χ0v) is 12.8. The molecule has 1 atom stereocenters. The maximum absolute atomic E-state index is 12.7. The summed E-state index contributed by atoms with van der Waals surface area (Å²) in [4.78, 5) is 24.7. The van der Waals surface area contributed by atoms with Crippen LogP contribution in [-0.2, 0) is 4.79 Å². The van der Waals surface area contributed by atoms with Gasteiger partial charge in [-0.2, -0.15) is 0 Å². The first-order chi connectivity index (χ1) is 11.7. The topological polar surface area (TPSA) is 73.5 Å². The molecule has 1 unspecified atom stereocenters. The van der Waals surface area contributed by atoms with E-state index < -0.39 is 6.04 Å².